The zero-order chi connectivity index (χ0) is 21.1. The number of carbonyl (C=O) groups excluding carboxylic acids is 3. The molecule has 7 heteroatoms. The lowest BCUT2D eigenvalue weighted by Crippen LogP contribution is -2.49. The minimum atomic E-state index is -0.818. The van der Waals surface area contributed by atoms with Gasteiger partial charge in [0.25, 0.3) is 5.91 Å². The second-order valence-corrected chi connectivity index (χ2v) is 8.04. The quantitative estimate of drug-likeness (QED) is 0.665. The lowest BCUT2D eigenvalue weighted by atomic mass is 10.1. The highest BCUT2D eigenvalue weighted by atomic mass is 35.5. The summed E-state index contributed by atoms with van der Waals surface area (Å²) in [5, 5.41) is 0.595. The summed E-state index contributed by atoms with van der Waals surface area (Å²) in [5.74, 6) is -0.865. The van der Waals surface area contributed by atoms with Crippen LogP contribution in [0.25, 0.3) is 0 Å². The predicted molar refractivity (Wildman–Crippen MR) is 113 cm³/mol. The molecule has 0 radical (unpaired) electrons. The van der Waals surface area contributed by atoms with Crippen LogP contribution >= 0.6 is 11.6 Å². The molecular formula is C23H23ClN2O4. The summed E-state index contributed by atoms with van der Waals surface area (Å²) >= 11 is 5.94. The zero-order valence-electron chi connectivity index (χ0n) is 16.5. The number of anilines is 1. The van der Waals surface area contributed by atoms with Gasteiger partial charge in [-0.3, -0.25) is 14.4 Å². The van der Waals surface area contributed by atoms with E-state index in [1.165, 1.54) is 9.80 Å². The zero-order valence-corrected chi connectivity index (χ0v) is 17.3. The van der Waals surface area contributed by atoms with Gasteiger partial charge in [0.05, 0.1) is 24.6 Å². The highest BCUT2D eigenvalue weighted by molar-refractivity contribution is 6.30. The number of ether oxygens (including phenoxy) is 1. The molecule has 2 aromatic rings. The van der Waals surface area contributed by atoms with Gasteiger partial charge in [0.15, 0.2) is 0 Å². The average molecular weight is 427 g/mol. The maximum atomic E-state index is 13.2. The van der Waals surface area contributed by atoms with Crippen molar-refractivity contribution in [1.29, 1.82) is 0 Å². The lowest BCUT2D eigenvalue weighted by molar-refractivity contribution is -0.139. The van der Waals surface area contributed by atoms with Gasteiger partial charge >= 0.3 is 0 Å². The summed E-state index contributed by atoms with van der Waals surface area (Å²) in [6.07, 6.45) is 1.76. The monoisotopic (exact) mass is 426 g/mol. The van der Waals surface area contributed by atoms with E-state index in [0.29, 0.717) is 23.9 Å². The van der Waals surface area contributed by atoms with E-state index in [1.807, 2.05) is 6.07 Å². The van der Waals surface area contributed by atoms with Crippen molar-refractivity contribution in [3.8, 4) is 0 Å². The number of hydrogen-bond donors (Lipinski definition) is 0. The number of rotatable bonds is 6. The average Bonchev–Trinajstić information content (AvgIpc) is 3.36. The fourth-order valence-corrected chi connectivity index (χ4v) is 4.12. The number of imide groups is 1. The van der Waals surface area contributed by atoms with Crippen molar-refractivity contribution < 1.29 is 19.1 Å². The van der Waals surface area contributed by atoms with Crippen molar-refractivity contribution in [1.82, 2.24) is 4.90 Å². The van der Waals surface area contributed by atoms with Gasteiger partial charge in [-0.2, -0.15) is 0 Å². The Morgan fingerprint density at radius 2 is 1.83 bits per heavy atom. The molecule has 2 saturated heterocycles. The van der Waals surface area contributed by atoms with Gasteiger partial charge in [0.1, 0.15) is 6.04 Å². The molecule has 0 bridgehead atoms. The molecule has 2 heterocycles. The first kappa shape index (κ1) is 20.6. The summed E-state index contributed by atoms with van der Waals surface area (Å²) in [6, 6.07) is 15.1. The van der Waals surface area contributed by atoms with Crippen LogP contribution in [0.2, 0.25) is 5.02 Å². The summed E-state index contributed by atoms with van der Waals surface area (Å²) in [5.41, 5.74) is 1.33. The Kier molecular flexibility index (Phi) is 6.16. The van der Waals surface area contributed by atoms with E-state index in [1.54, 1.807) is 48.5 Å². The van der Waals surface area contributed by atoms with Crippen LogP contribution in [0.5, 0.6) is 0 Å². The number of halogens is 1. The first-order chi connectivity index (χ1) is 14.5. The highest BCUT2D eigenvalue weighted by Gasteiger charge is 2.45. The Balaban J connectivity index is 1.57. The molecule has 30 heavy (non-hydrogen) atoms. The molecule has 156 valence electrons. The van der Waals surface area contributed by atoms with Gasteiger partial charge in [-0.15, -0.1) is 0 Å². The summed E-state index contributed by atoms with van der Waals surface area (Å²) in [6.45, 7) is 0.955. The molecule has 2 aromatic carbocycles. The molecule has 2 atom stereocenters. The van der Waals surface area contributed by atoms with Gasteiger partial charge in [-0.1, -0.05) is 41.9 Å². The smallest absolute Gasteiger partial charge is 0.257 e. The van der Waals surface area contributed by atoms with E-state index < -0.39 is 6.04 Å². The molecule has 3 amide bonds. The summed E-state index contributed by atoms with van der Waals surface area (Å²) < 4.78 is 5.71. The predicted octanol–water partition coefficient (Wildman–Crippen LogP) is 3.22. The fraction of sp³-hybridized carbons (Fsp3) is 0.348. The van der Waals surface area contributed by atoms with Gasteiger partial charge < -0.3 is 9.64 Å². The third-order valence-corrected chi connectivity index (χ3v) is 5.78. The first-order valence-electron chi connectivity index (χ1n) is 10.1. The maximum absolute atomic E-state index is 13.2. The van der Waals surface area contributed by atoms with E-state index >= 15 is 0 Å². The van der Waals surface area contributed by atoms with Gasteiger partial charge in [0, 0.05) is 18.2 Å². The Hall–Kier alpha value is -2.70. The van der Waals surface area contributed by atoms with Crippen LogP contribution in [0, 0.1) is 0 Å². The molecule has 2 aliphatic rings. The Bertz CT molecular complexity index is 926. The Morgan fingerprint density at radius 1 is 1.10 bits per heavy atom. The van der Waals surface area contributed by atoms with Crippen molar-refractivity contribution in [2.45, 2.75) is 37.8 Å². The number of para-hydroxylation sites is 1. The van der Waals surface area contributed by atoms with Crippen molar-refractivity contribution in [2.24, 2.45) is 0 Å². The molecular weight excluding hydrogens is 404 g/mol. The lowest BCUT2D eigenvalue weighted by Gasteiger charge is -2.30. The number of amides is 3. The summed E-state index contributed by atoms with van der Waals surface area (Å²) in [4.78, 5) is 41.8. The molecule has 0 N–H and O–H groups in total. The SMILES string of the molecule is O=C1CC(N(CC2CCCO2)C(=O)Cc2ccc(Cl)cc2)C(=O)N1c1ccccc1. The number of hydrogen-bond acceptors (Lipinski definition) is 4. The largest absolute Gasteiger partial charge is 0.376 e. The second kappa shape index (κ2) is 8.98. The molecule has 2 unspecified atom stereocenters. The van der Waals surface area contributed by atoms with Crippen molar-refractivity contribution in [3.63, 3.8) is 0 Å². The second-order valence-electron chi connectivity index (χ2n) is 7.61. The standard InChI is InChI=1S/C23H23ClN2O4/c24-17-10-8-16(9-11-17)13-21(27)25(15-19-7-4-12-30-19)20-14-22(28)26(23(20)29)18-5-2-1-3-6-18/h1-3,5-6,8-11,19-20H,4,7,12-15H2. The van der Waals surface area contributed by atoms with Crippen LogP contribution in [-0.4, -0.2) is 47.9 Å². The third-order valence-electron chi connectivity index (χ3n) is 5.53. The van der Waals surface area contributed by atoms with E-state index in [4.69, 9.17) is 16.3 Å². The normalized spacial score (nSPS) is 21.3. The van der Waals surface area contributed by atoms with Crippen LogP contribution in [-0.2, 0) is 25.5 Å². The highest BCUT2D eigenvalue weighted by Crippen LogP contribution is 2.27. The molecule has 2 fully saturated rings. The molecule has 6 nitrogen and oxygen atoms in total. The Morgan fingerprint density at radius 3 is 2.50 bits per heavy atom. The number of nitrogens with zero attached hydrogens (tertiary/aromatic N) is 2. The molecule has 0 aliphatic carbocycles. The summed E-state index contributed by atoms with van der Waals surface area (Å²) in [7, 11) is 0. The van der Waals surface area contributed by atoms with Gasteiger partial charge in [-0.25, -0.2) is 4.90 Å². The van der Waals surface area contributed by atoms with E-state index in [0.717, 1.165) is 18.4 Å². The van der Waals surface area contributed by atoms with Crippen LogP contribution < -0.4 is 4.90 Å². The number of carbonyl (C=O) groups is 3. The van der Waals surface area contributed by atoms with Crippen LogP contribution in [0.1, 0.15) is 24.8 Å². The van der Waals surface area contributed by atoms with Gasteiger partial charge in [0.2, 0.25) is 11.8 Å². The molecule has 2 aliphatic heterocycles. The van der Waals surface area contributed by atoms with Crippen LogP contribution in [0.15, 0.2) is 54.6 Å². The van der Waals surface area contributed by atoms with E-state index in [-0.39, 0.29) is 36.7 Å². The molecule has 0 spiro atoms. The van der Waals surface area contributed by atoms with Crippen molar-refractivity contribution in [2.75, 3.05) is 18.1 Å². The number of benzene rings is 2. The fourth-order valence-electron chi connectivity index (χ4n) is 4.00. The Labute approximate surface area is 180 Å². The van der Waals surface area contributed by atoms with Gasteiger partial charge in [-0.05, 0) is 42.7 Å². The van der Waals surface area contributed by atoms with Crippen LogP contribution in [0.4, 0.5) is 5.69 Å². The maximum Gasteiger partial charge on any atom is 0.257 e. The molecule has 0 aromatic heterocycles. The topological polar surface area (TPSA) is 66.9 Å². The van der Waals surface area contributed by atoms with Crippen molar-refractivity contribution >= 4 is 35.0 Å². The van der Waals surface area contributed by atoms with Crippen molar-refractivity contribution in [3.05, 3.63) is 65.2 Å². The molecule has 0 saturated carbocycles. The molecule has 4 rings (SSSR count). The first-order valence-corrected chi connectivity index (χ1v) is 10.5. The minimum Gasteiger partial charge on any atom is -0.376 e. The minimum absolute atomic E-state index is 0.0210. The van der Waals surface area contributed by atoms with Crippen LogP contribution in [0.3, 0.4) is 0 Å². The van der Waals surface area contributed by atoms with E-state index in [2.05, 4.69) is 0 Å². The third kappa shape index (κ3) is 4.40. The van der Waals surface area contributed by atoms with E-state index in [9.17, 15) is 14.4 Å².